The number of esters is 1. The van der Waals surface area contributed by atoms with Gasteiger partial charge in [-0.3, -0.25) is 4.79 Å². The van der Waals surface area contributed by atoms with Crippen molar-refractivity contribution in [1.29, 1.82) is 0 Å². The predicted molar refractivity (Wildman–Crippen MR) is 97.4 cm³/mol. The highest BCUT2D eigenvalue weighted by Gasteiger charge is 2.28. The molecule has 6 heteroatoms. The third-order valence-corrected chi connectivity index (χ3v) is 3.94. The summed E-state index contributed by atoms with van der Waals surface area (Å²) in [5.41, 5.74) is 0.783. The summed E-state index contributed by atoms with van der Waals surface area (Å²) in [6, 6.07) is 17.7. The quantitative estimate of drug-likeness (QED) is 0.638. The van der Waals surface area contributed by atoms with E-state index in [4.69, 9.17) is 9.15 Å². The summed E-state index contributed by atoms with van der Waals surface area (Å²) >= 11 is 0. The van der Waals surface area contributed by atoms with E-state index >= 15 is 0 Å². The SMILES string of the molecule is CN(C)C(=O)[C@@H](OC(=O)c1ccc(-c2ccccc2F)o1)c1ccccc1. The lowest BCUT2D eigenvalue weighted by atomic mass is 10.1. The Hall–Kier alpha value is -3.41. The van der Waals surface area contributed by atoms with Crippen LogP contribution in [0.15, 0.2) is 71.1 Å². The maximum Gasteiger partial charge on any atom is 0.375 e. The lowest BCUT2D eigenvalue weighted by molar-refractivity contribution is -0.138. The number of carbonyl (C=O) groups is 2. The fourth-order valence-electron chi connectivity index (χ4n) is 2.54. The average Bonchev–Trinajstić information content (AvgIpc) is 3.16. The Labute approximate surface area is 156 Å². The molecule has 1 amide bonds. The molecule has 0 fully saturated rings. The zero-order valence-electron chi connectivity index (χ0n) is 14.9. The zero-order valence-corrected chi connectivity index (χ0v) is 14.9. The Morgan fingerprint density at radius 2 is 1.63 bits per heavy atom. The van der Waals surface area contributed by atoms with Crippen LogP contribution in [0.5, 0.6) is 0 Å². The molecule has 0 saturated heterocycles. The van der Waals surface area contributed by atoms with E-state index in [0.29, 0.717) is 5.56 Å². The van der Waals surface area contributed by atoms with E-state index in [2.05, 4.69) is 0 Å². The van der Waals surface area contributed by atoms with Crippen molar-refractivity contribution in [3.8, 4) is 11.3 Å². The second kappa shape index (κ2) is 7.86. The van der Waals surface area contributed by atoms with Crippen molar-refractivity contribution < 1.29 is 23.1 Å². The van der Waals surface area contributed by atoms with E-state index in [1.165, 1.54) is 23.1 Å². The zero-order chi connectivity index (χ0) is 19.4. The first-order valence-corrected chi connectivity index (χ1v) is 8.29. The lowest BCUT2D eigenvalue weighted by Gasteiger charge is -2.20. The third kappa shape index (κ3) is 4.06. The summed E-state index contributed by atoms with van der Waals surface area (Å²) in [5.74, 6) is -1.55. The Balaban J connectivity index is 1.84. The highest BCUT2D eigenvalue weighted by atomic mass is 19.1. The number of furan rings is 1. The van der Waals surface area contributed by atoms with E-state index < -0.39 is 17.9 Å². The first-order chi connectivity index (χ1) is 13.0. The number of hydrogen-bond donors (Lipinski definition) is 0. The Kier molecular flexibility index (Phi) is 5.35. The molecular weight excluding hydrogens is 349 g/mol. The molecule has 0 aliphatic carbocycles. The maximum atomic E-state index is 13.9. The molecular formula is C21H18FNO4. The highest BCUT2D eigenvalue weighted by molar-refractivity contribution is 5.91. The van der Waals surface area contributed by atoms with E-state index in [1.54, 1.807) is 62.6 Å². The van der Waals surface area contributed by atoms with Gasteiger partial charge in [0.1, 0.15) is 11.6 Å². The van der Waals surface area contributed by atoms with Gasteiger partial charge in [0.25, 0.3) is 5.91 Å². The summed E-state index contributed by atoms with van der Waals surface area (Å²) in [7, 11) is 3.16. The number of amides is 1. The van der Waals surface area contributed by atoms with Crippen LogP contribution in [0, 0.1) is 5.82 Å². The van der Waals surface area contributed by atoms with Gasteiger partial charge in [0.2, 0.25) is 11.9 Å². The number of hydrogen-bond acceptors (Lipinski definition) is 4. The van der Waals surface area contributed by atoms with Crippen LogP contribution in [0.3, 0.4) is 0 Å². The average molecular weight is 367 g/mol. The van der Waals surface area contributed by atoms with Gasteiger partial charge in [-0.1, -0.05) is 42.5 Å². The number of ether oxygens (including phenoxy) is 1. The molecule has 0 N–H and O–H groups in total. The second-order valence-corrected chi connectivity index (χ2v) is 6.07. The molecule has 2 aromatic carbocycles. The number of benzene rings is 2. The van der Waals surface area contributed by atoms with Gasteiger partial charge in [-0.25, -0.2) is 9.18 Å². The van der Waals surface area contributed by atoms with Crippen LogP contribution < -0.4 is 0 Å². The number of rotatable bonds is 5. The fraction of sp³-hybridized carbons (Fsp3) is 0.143. The van der Waals surface area contributed by atoms with E-state index in [9.17, 15) is 14.0 Å². The number of nitrogens with zero attached hydrogens (tertiary/aromatic N) is 1. The molecule has 3 rings (SSSR count). The molecule has 0 saturated carbocycles. The van der Waals surface area contributed by atoms with Gasteiger partial charge in [-0.05, 0) is 24.3 Å². The Bertz CT molecular complexity index is 950. The van der Waals surface area contributed by atoms with Crippen molar-refractivity contribution in [1.82, 2.24) is 4.90 Å². The van der Waals surface area contributed by atoms with Crippen LogP contribution in [0.2, 0.25) is 0 Å². The van der Waals surface area contributed by atoms with E-state index in [-0.39, 0.29) is 23.0 Å². The summed E-state index contributed by atoms with van der Waals surface area (Å²) < 4.78 is 24.7. The van der Waals surface area contributed by atoms with Crippen LogP contribution >= 0.6 is 0 Å². The normalized spacial score (nSPS) is 11.7. The van der Waals surface area contributed by atoms with Crippen LogP contribution in [0.25, 0.3) is 11.3 Å². The molecule has 0 aliphatic rings. The van der Waals surface area contributed by atoms with Gasteiger partial charge in [0.15, 0.2) is 0 Å². The molecule has 0 aliphatic heterocycles. The topological polar surface area (TPSA) is 59.8 Å². The minimum Gasteiger partial charge on any atom is -0.449 e. The van der Waals surface area contributed by atoms with Crippen LogP contribution in [-0.2, 0) is 9.53 Å². The first kappa shape index (κ1) is 18.4. The van der Waals surface area contributed by atoms with E-state index in [1.807, 2.05) is 0 Å². The highest BCUT2D eigenvalue weighted by Crippen LogP contribution is 2.27. The minimum absolute atomic E-state index is 0.110. The molecule has 0 radical (unpaired) electrons. The molecule has 1 aromatic heterocycles. The molecule has 138 valence electrons. The third-order valence-electron chi connectivity index (χ3n) is 3.94. The number of halogens is 1. The van der Waals surface area contributed by atoms with Crippen molar-refractivity contribution in [2.45, 2.75) is 6.10 Å². The maximum absolute atomic E-state index is 13.9. The van der Waals surface area contributed by atoms with Gasteiger partial charge in [0, 0.05) is 19.7 Å². The van der Waals surface area contributed by atoms with E-state index in [0.717, 1.165) is 0 Å². The molecule has 27 heavy (non-hydrogen) atoms. The molecule has 1 atom stereocenters. The van der Waals surface area contributed by atoms with Gasteiger partial charge in [-0.15, -0.1) is 0 Å². The second-order valence-electron chi connectivity index (χ2n) is 6.07. The van der Waals surface area contributed by atoms with Gasteiger partial charge < -0.3 is 14.1 Å². The van der Waals surface area contributed by atoms with Crippen molar-refractivity contribution in [2.24, 2.45) is 0 Å². The van der Waals surface area contributed by atoms with Crippen LogP contribution in [0.1, 0.15) is 22.2 Å². The largest absolute Gasteiger partial charge is 0.449 e. The Morgan fingerprint density at radius 1 is 0.963 bits per heavy atom. The summed E-state index contributed by atoms with van der Waals surface area (Å²) in [4.78, 5) is 26.3. The predicted octanol–water partition coefficient (Wildman–Crippen LogP) is 4.07. The van der Waals surface area contributed by atoms with Crippen molar-refractivity contribution in [3.63, 3.8) is 0 Å². The summed E-state index contributed by atoms with van der Waals surface area (Å²) in [6.07, 6.45) is -1.10. The molecule has 0 unspecified atom stereocenters. The molecule has 5 nitrogen and oxygen atoms in total. The minimum atomic E-state index is -1.10. The van der Waals surface area contributed by atoms with Gasteiger partial charge in [-0.2, -0.15) is 0 Å². The molecule has 3 aromatic rings. The van der Waals surface area contributed by atoms with Crippen LogP contribution in [0.4, 0.5) is 4.39 Å². The molecule has 0 spiro atoms. The van der Waals surface area contributed by atoms with Crippen molar-refractivity contribution in [2.75, 3.05) is 14.1 Å². The Morgan fingerprint density at radius 3 is 2.30 bits per heavy atom. The van der Waals surface area contributed by atoms with Gasteiger partial charge in [0.05, 0.1) is 5.56 Å². The number of carbonyl (C=O) groups excluding carboxylic acids is 2. The monoisotopic (exact) mass is 367 g/mol. The standard InChI is InChI=1S/C21H18FNO4/c1-23(2)20(24)19(14-8-4-3-5-9-14)27-21(25)18-13-12-17(26-18)15-10-6-7-11-16(15)22/h3-13,19H,1-2H3/t19-/m0/s1. The van der Waals surface area contributed by atoms with Gasteiger partial charge >= 0.3 is 5.97 Å². The molecule has 1 heterocycles. The molecule has 0 bridgehead atoms. The number of likely N-dealkylation sites (N-methyl/N-ethyl adjacent to an activating group) is 1. The van der Waals surface area contributed by atoms with Crippen LogP contribution in [-0.4, -0.2) is 30.9 Å². The smallest absolute Gasteiger partial charge is 0.375 e. The fourth-order valence-corrected chi connectivity index (χ4v) is 2.54. The first-order valence-electron chi connectivity index (χ1n) is 8.29. The van der Waals surface area contributed by atoms with Crippen molar-refractivity contribution in [3.05, 3.63) is 83.9 Å². The summed E-state index contributed by atoms with van der Waals surface area (Å²) in [5, 5.41) is 0. The van der Waals surface area contributed by atoms with Crippen molar-refractivity contribution >= 4 is 11.9 Å². The lowest BCUT2D eigenvalue weighted by Crippen LogP contribution is -2.31. The summed E-state index contributed by atoms with van der Waals surface area (Å²) in [6.45, 7) is 0.